The molecule has 0 aliphatic rings. The molecule has 0 atom stereocenters. The molecule has 0 radical (unpaired) electrons. The lowest BCUT2D eigenvalue weighted by Crippen LogP contribution is -2.07. The summed E-state index contributed by atoms with van der Waals surface area (Å²) in [6, 6.07) is 11.4. The fourth-order valence-electron chi connectivity index (χ4n) is 2.58. The monoisotopic (exact) mass is 300 g/mol. The number of hydrogen-bond acceptors (Lipinski definition) is 3. The van der Waals surface area contributed by atoms with Crippen molar-refractivity contribution >= 4 is 5.97 Å². The van der Waals surface area contributed by atoms with Gasteiger partial charge in [-0.2, -0.15) is 0 Å². The van der Waals surface area contributed by atoms with Crippen LogP contribution in [0.5, 0.6) is 11.5 Å². The molecule has 0 spiro atoms. The Bertz CT molecular complexity index is 677. The molecular formula is C18H20O4. The molecule has 0 unspecified atom stereocenters. The van der Waals surface area contributed by atoms with E-state index >= 15 is 0 Å². The molecule has 0 fully saturated rings. The third kappa shape index (κ3) is 3.39. The lowest BCUT2D eigenvalue weighted by atomic mass is 9.97. The summed E-state index contributed by atoms with van der Waals surface area (Å²) < 4.78 is 10.6. The van der Waals surface area contributed by atoms with E-state index in [0.717, 1.165) is 6.42 Å². The number of benzene rings is 2. The van der Waals surface area contributed by atoms with Crippen molar-refractivity contribution in [2.45, 2.75) is 19.8 Å². The number of carboxylic acid groups (broad SMARTS) is 1. The van der Waals surface area contributed by atoms with E-state index in [-0.39, 0.29) is 5.56 Å². The van der Waals surface area contributed by atoms with E-state index in [2.05, 4.69) is 6.07 Å². The van der Waals surface area contributed by atoms with Gasteiger partial charge < -0.3 is 14.6 Å². The predicted octanol–water partition coefficient (Wildman–Crippen LogP) is 3.50. The quantitative estimate of drug-likeness (QED) is 0.887. The zero-order valence-corrected chi connectivity index (χ0v) is 13.1. The zero-order chi connectivity index (χ0) is 16.1. The Balaban J connectivity index is 2.37. The third-order valence-electron chi connectivity index (χ3n) is 3.62. The van der Waals surface area contributed by atoms with Crippen LogP contribution in [0.2, 0.25) is 0 Å². The van der Waals surface area contributed by atoms with Crippen molar-refractivity contribution in [2.75, 3.05) is 14.2 Å². The summed E-state index contributed by atoms with van der Waals surface area (Å²) in [5, 5.41) is 9.39. The van der Waals surface area contributed by atoms with Gasteiger partial charge >= 0.3 is 5.97 Å². The van der Waals surface area contributed by atoms with E-state index < -0.39 is 5.97 Å². The molecule has 0 saturated heterocycles. The summed E-state index contributed by atoms with van der Waals surface area (Å²) in [6.07, 6.45) is 1.32. The van der Waals surface area contributed by atoms with Crippen molar-refractivity contribution < 1.29 is 19.4 Å². The molecule has 0 saturated carbocycles. The normalized spacial score (nSPS) is 10.3. The second kappa shape index (κ2) is 6.98. The Kier molecular flexibility index (Phi) is 5.04. The zero-order valence-electron chi connectivity index (χ0n) is 13.1. The fraction of sp³-hybridized carbons (Fsp3) is 0.278. The van der Waals surface area contributed by atoms with Gasteiger partial charge in [0.1, 0.15) is 0 Å². The summed E-state index contributed by atoms with van der Waals surface area (Å²) in [7, 11) is 3.07. The average molecular weight is 300 g/mol. The maximum atomic E-state index is 11.5. The first-order valence-electron chi connectivity index (χ1n) is 7.09. The van der Waals surface area contributed by atoms with Crippen LogP contribution in [-0.4, -0.2) is 25.3 Å². The molecule has 22 heavy (non-hydrogen) atoms. The Morgan fingerprint density at radius 3 is 2.45 bits per heavy atom. The molecule has 4 heteroatoms. The van der Waals surface area contributed by atoms with Crippen molar-refractivity contribution in [1.82, 2.24) is 0 Å². The molecule has 0 amide bonds. The van der Waals surface area contributed by atoms with Crippen molar-refractivity contribution in [3.05, 3.63) is 58.7 Å². The maximum Gasteiger partial charge on any atom is 0.336 e. The number of carbonyl (C=O) groups is 1. The van der Waals surface area contributed by atoms with Gasteiger partial charge in [-0.1, -0.05) is 29.8 Å². The number of hydrogen-bond donors (Lipinski definition) is 1. The summed E-state index contributed by atoms with van der Waals surface area (Å²) in [6.45, 7) is 2.04. The number of carboxylic acids is 1. The lowest BCUT2D eigenvalue weighted by Gasteiger charge is -2.15. The molecule has 2 aromatic carbocycles. The van der Waals surface area contributed by atoms with Crippen molar-refractivity contribution in [2.24, 2.45) is 0 Å². The SMILES string of the molecule is COc1ccc(C(=O)O)c(CCc2cccc(C)c2)c1OC. The van der Waals surface area contributed by atoms with Gasteiger partial charge in [-0.05, 0) is 37.5 Å². The Morgan fingerprint density at radius 2 is 1.86 bits per heavy atom. The Morgan fingerprint density at radius 1 is 1.09 bits per heavy atom. The predicted molar refractivity (Wildman–Crippen MR) is 85.1 cm³/mol. The van der Waals surface area contributed by atoms with E-state index in [9.17, 15) is 9.90 Å². The standard InChI is InChI=1S/C18H20O4/c1-12-5-4-6-13(11-12)7-8-14-15(18(19)20)9-10-16(21-2)17(14)22-3/h4-6,9-11H,7-8H2,1-3H3,(H,19,20). The van der Waals surface area contributed by atoms with Gasteiger partial charge in [-0.15, -0.1) is 0 Å². The molecule has 0 aliphatic carbocycles. The van der Waals surface area contributed by atoms with Crippen LogP contribution < -0.4 is 9.47 Å². The van der Waals surface area contributed by atoms with Gasteiger partial charge in [0, 0.05) is 5.56 Å². The highest BCUT2D eigenvalue weighted by Crippen LogP contribution is 2.34. The largest absolute Gasteiger partial charge is 0.493 e. The highest BCUT2D eigenvalue weighted by molar-refractivity contribution is 5.90. The van der Waals surface area contributed by atoms with Gasteiger partial charge in [-0.25, -0.2) is 4.79 Å². The second-order valence-corrected chi connectivity index (χ2v) is 5.12. The molecule has 116 valence electrons. The first kappa shape index (κ1) is 15.9. The third-order valence-corrected chi connectivity index (χ3v) is 3.62. The first-order chi connectivity index (χ1) is 10.6. The summed E-state index contributed by atoms with van der Waals surface area (Å²) >= 11 is 0. The minimum absolute atomic E-state index is 0.255. The highest BCUT2D eigenvalue weighted by Gasteiger charge is 2.18. The number of rotatable bonds is 6. The van der Waals surface area contributed by atoms with Crippen LogP contribution in [0.3, 0.4) is 0 Å². The number of ether oxygens (including phenoxy) is 2. The molecule has 0 aromatic heterocycles. The summed E-state index contributed by atoms with van der Waals surface area (Å²) in [5.41, 5.74) is 3.27. The van der Waals surface area contributed by atoms with Crippen LogP contribution in [0.1, 0.15) is 27.0 Å². The van der Waals surface area contributed by atoms with Crippen LogP contribution in [0.25, 0.3) is 0 Å². The smallest absolute Gasteiger partial charge is 0.336 e. The molecule has 2 rings (SSSR count). The molecule has 0 aliphatic heterocycles. The molecule has 2 aromatic rings. The maximum absolute atomic E-state index is 11.5. The fourth-order valence-corrected chi connectivity index (χ4v) is 2.58. The van der Waals surface area contributed by atoms with Crippen molar-refractivity contribution in [3.63, 3.8) is 0 Å². The van der Waals surface area contributed by atoms with Gasteiger partial charge in [0.2, 0.25) is 0 Å². The van der Waals surface area contributed by atoms with Gasteiger partial charge in [0.25, 0.3) is 0 Å². The number of methoxy groups -OCH3 is 2. The van der Waals surface area contributed by atoms with E-state index in [1.54, 1.807) is 19.2 Å². The molecule has 0 bridgehead atoms. The van der Waals surface area contributed by atoms with Gasteiger partial charge in [0.05, 0.1) is 19.8 Å². The minimum Gasteiger partial charge on any atom is -0.493 e. The van der Waals surface area contributed by atoms with E-state index in [0.29, 0.717) is 23.5 Å². The van der Waals surface area contributed by atoms with Crippen LogP contribution in [-0.2, 0) is 12.8 Å². The van der Waals surface area contributed by atoms with Crippen LogP contribution in [0.15, 0.2) is 36.4 Å². The van der Waals surface area contributed by atoms with Crippen LogP contribution in [0.4, 0.5) is 0 Å². The first-order valence-corrected chi connectivity index (χ1v) is 7.09. The lowest BCUT2D eigenvalue weighted by molar-refractivity contribution is 0.0695. The summed E-state index contributed by atoms with van der Waals surface area (Å²) in [4.78, 5) is 11.5. The molecule has 4 nitrogen and oxygen atoms in total. The Hall–Kier alpha value is -2.49. The van der Waals surface area contributed by atoms with Crippen molar-refractivity contribution in [1.29, 1.82) is 0 Å². The van der Waals surface area contributed by atoms with Gasteiger partial charge in [-0.3, -0.25) is 0 Å². The topological polar surface area (TPSA) is 55.8 Å². The van der Waals surface area contributed by atoms with E-state index in [4.69, 9.17) is 9.47 Å². The van der Waals surface area contributed by atoms with E-state index in [1.807, 2.05) is 25.1 Å². The van der Waals surface area contributed by atoms with E-state index in [1.165, 1.54) is 18.2 Å². The van der Waals surface area contributed by atoms with Crippen LogP contribution in [0, 0.1) is 6.92 Å². The second-order valence-electron chi connectivity index (χ2n) is 5.12. The molecular weight excluding hydrogens is 280 g/mol. The summed E-state index contributed by atoms with van der Waals surface area (Å²) in [5.74, 6) is 0.0852. The van der Waals surface area contributed by atoms with Crippen molar-refractivity contribution in [3.8, 4) is 11.5 Å². The van der Waals surface area contributed by atoms with Crippen LogP contribution >= 0.6 is 0 Å². The number of aryl methyl sites for hydroxylation is 2. The molecule has 0 heterocycles. The molecule has 1 N–H and O–H groups in total. The average Bonchev–Trinajstić information content (AvgIpc) is 2.51. The highest BCUT2D eigenvalue weighted by atomic mass is 16.5. The van der Waals surface area contributed by atoms with Gasteiger partial charge in [0.15, 0.2) is 11.5 Å². The minimum atomic E-state index is -0.958. The Labute approximate surface area is 130 Å². The number of aromatic carboxylic acids is 1.